The summed E-state index contributed by atoms with van der Waals surface area (Å²) in [5.74, 6) is 1.27. The maximum absolute atomic E-state index is 6.45. The molecule has 0 amide bonds. The average Bonchev–Trinajstić information content (AvgIpc) is 2.64. The molecule has 2 rings (SSSR count). The molecule has 0 radical (unpaired) electrons. The van der Waals surface area contributed by atoms with Crippen LogP contribution in [-0.4, -0.2) is 13.7 Å². The fraction of sp³-hybridized carbons (Fsp3) is 0.455. The van der Waals surface area contributed by atoms with E-state index in [4.69, 9.17) is 21.1 Å². The van der Waals surface area contributed by atoms with E-state index in [1.807, 2.05) is 12.1 Å². The first kappa shape index (κ1) is 20.6. The van der Waals surface area contributed by atoms with Gasteiger partial charge in [0.15, 0.2) is 11.5 Å². The molecule has 2 aromatic carbocycles. The van der Waals surface area contributed by atoms with Crippen molar-refractivity contribution in [3.05, 3.63) is 58.1 Å². The number of ether oxygens (including phenoxy) is 2. The van der Waals surface area contributed by atoms with Gasteiger partial charge >= 0.3 is 0 Å². The summed E-state index contributed by atoms with van der Waals surface area (Å²) >= 11 is 6.45. The Balaban J connectivity index is 1.94. The molecule has 0 atom stereocenters. The van der Waals surface area contributed by atoms with Crippen LogP contribution in [0.5, 0.6) is 11.5 Å². The van der Waals surface area contributed by atoms with E-state index >= 15 is 0 Å². The molecule has 0 saturated heterocycles. The molecule has 4 heteroatoms. The average molecular weight is 376 g/mol. The number of aryl methyl sites for hydroxylation is 1. The molecule has 0 aliphatic rings. The summed E-state index contributed by atoms with van der Waals surface area (Å²) in [6.07, 6.45) is 5.04. The molecular formula is C22H30ClNO2. The van der Waals surface area contributed by atoms with Crippen LogP contribution in [0.2, 0.25) is 5.02 Å². The molecule has 0 fully saturated rings. The molecule has 0 bridgehead atoms. The van der Waals surface area contributed by atoms with Gasteiger partial charge in [0.05, 0.1) is 12.1 Å². The second kappa shape index (κ2) is 11.1. The highest BCUT2D eigenvalue weighted by atomic mass is 35.5. The Hall–Kier alpha value is -1.71. The van der Waals surface area contributed by atoms with E-state index in [0.29, 0.717) is 23.1 Å². The molecule has 0 aromatic heterocycles. The smallest absolute Gasteiger partial charge is 0.180 e. The van der Waals surface area contributed by atoms with Crippen LogP contribution in [0, 0.1) is 6.92 Å². The molecule has 0 unspecified atom stereocenters. The number of halogens is 1. The van der Waals surface area contributed by atoms with E-state index in [1.165, 1.54) is 31.2 Å². The molecular weight excluding hydrogens is 346 g/mol. The highest BCUT2D eigenvalue weighted by Gasteiger charge is 2.12. The van der Waals surface area contributed by atoms with E-state index in [2.05, 4.69) is 43.4 Å². The van der Waals surface area contributed by atoms with Gasteiger partial charge in [-0.1, -0.05) is 67.6 Å². The van der Waals surface area contributed by atoms with Gasteiger partial charge in [0.25, 0.3) is 0 Å². The van der Waals surface area contributed by atoms with Crippen molar-refractivity contribution in [2.75, 3.05) is 13.7 Å². The standard InChI is InChI=1S/C22H30ClNO2/c1-4-5-6-7-12-24-15-19-13-20(23)22(21(14-19)25-3)26-16-18-10-8-17(2)9-11-18/h8-11,13-14,24H,4-7,12,15-16H2,1-3H3. The lowest BCUT2D eigenvalue weighted by Crippen LogP contribution is -2.14. The first-order valence-corrected chi connectivity index (χ1v) is 9.77. The summed E-state index contributed by atoms with van der Waals surface area (Å²) in [5, 5.41) is 4.05. The minimum atomic E-state index is 0.464. The first-order valence-electron chi connectivity index (χ1n) is 9.39. The Kier molecular flexibility index (Phi) is 8.79. The van der Waals surface area contributed by atoms with Gasteiger partial charge in [-0.3, -0.25) is 0 Å². The molecule has 142 valence electrons. The third-order valence-corrected chi connectivity index (χ3v) is 4.61. The summed E-state index contributed by atoms with van der Waals surface area (Å²) in [6.45, 7) is 6.56. The molecule has 0 heterocycles. The Labute approximate surface area is 162 Å². The van der Waals surface area contributed by atoms with Gasteiger partial charge in [-0.25, -0.2) is 0 Å². The first-order chi connectivity index (χ1) is 12.6. The van der Waals surface area contributed by atoms with Crippen LogP contribution >= 0.6 is 11.6 Å². The molecule has 0 spiro atoms. The van der Waals surface area contributed by atoms with Crippen LogP contribution in [0.3, 0.4) is 0 Å². The number of benzene rings is 2. The summed E-state index contributed by atoms with van der Waals surface area (Å²) in [5.41, 5.74) is 3.44. The lowest BCUT2D eigenvalue weighted by Gasteiger charge is -2.15. The monoisotopic (exact) mass is 375 g/mol. The van der Waals surface area contributed by atoms with Crippen LogP contribution in [0.4, 0.5) is 0 Å². The summed E-state index contributed by atoms with van der Waals surface area (Å²) in [7, 11) is 1.65. The quantitative estimate of drug-likeness (QED) is 0.495. The van der Waals surface area contributed by atoms with Crippen LogP contribution < -0.4 is 14.8 Å². The van der Waals surface area contributed by atoms with Crippen molar-refractivity contribution in [1.29, 1.82) is 0 Å². The van der Waals surface area contributed by atoms with Crippen molar-refractivity contribution in [3.8, 4) is 11.5 Å². The van der Waals surface area contributed by atoms with E-state index in [9.17, 15) is 0 Å². The number of hydrogen-bond acceptors (Lipinski definition) is 3. The van der Waals surface area contributed by atoms with Crippen molar-refractivity contribution in [2.24, 2.45) is 0 Å². The molecule has 3 nitrogen and oxygen atoms in total. The molecule has 0 aliphatic heterocycles. The van der Waals surface area contributed by atoms with Gasteiger partial charge in [0.1, 0.15) is 6.61 Å². The van der Waals surface area contributed by atoms with Gasteiger partial charge in [0.2, 0.25) is 0 Å². The number of nitrogens with one attached hydrogen (secondary N) is 1. The summed E-state index contributed by atoms with van der Waals surface area (Å²) in [6, 6.07) is 12.2. The van der Waals surface area contributed by atoms with Crippen LogP contribution in [0.1, 0.15) is 49.3 Å². The topological polar surface area (TPSA) is 30.5 Å². The van der Waals surface area contributed by atoms with Crippen molar-refractivity contribution in [1.82, 2.24) is 5.32 Å². The van der Waals surface area contributed by atoms with E-state index in [1.54, 1.807) is 7.11 Å². The molecule has 1 N–H and O–H groups in total. The van der Waals surface area contributed by atoms with Crippen LogP contribution in [-0.2, 0) is 13.2 Å². The minimum absolute atomic E-state index is 0.464. The van der Waals surface area contributed by atoms with Crippen molar-refractivity contribution in [3.63, 3.8) is 0 Å². The van der Waals surface area contributed by atoms with Crippen molar-refractivity contribution < 1.29 is 9.47 Å². The minimum Gasteiger partial charge on any atom is -0.493 e. The third kappa shape index (κ3) is 6.54. The Morgan fingerprint density at radius 2 is 1.77 bits per heavy atom. The Morgan fingerprint density at radius 3 is 2.46 bits per heavy atom. The van der Waals surface area contributed by atoms with E-state index in [0.717, 1.165) is 24.2 Å². The highest BCUT2D eigenvalue weighted by Crippen LogP contribution is 2.37. The SMILES string of the molecule is CCCCCCNCc1cc(Cl)c(OCc2ccc(C)cc2)c(OC)c1. The van der Waals surface area contributed by atoms with Crippen molar-refractivity contribution in [2.45, 2.75) is 52.7 Å². The molecule has 26 heavy (non-hydrogen) atoms. The van der Waals surface area contributed by atoms with Gasteiger partial charge in [-0.15, -0.1) is 0 Å². The fourth-order valence-corrected chi connectivity index (χ4v) is 3.05. The predicted octanol–water partition coefficient (Wildman–Crippen LogP) is 5.91. The van der Waals surface area contributed by atoms with Gasteiger partial charge in [0, 0.05) is 6.54 Å². The van der Waals surface area contributed by atoms with Gasteiger partial charge in [-0.2, -0.15) is 0 Å². The van der Waals surface area contributed by atoms with Gasteiger partial charge < -0.3 is 14.8 Å². The van der Waals surface area contributed by atoms with Crippen molar-refractivity contribution >= 4 is 11.6 Å². The molecule has 0 aliphatic carbocycles. The van der Waals surface area contributed by atoms with Gasteiger partial charge in [-0.05, 0) is 43.1 Å². The number of unbranched alkanes of at least 4 members (excludes halogenated alkanes) is 3. The second-order valence-corrected chi connectivity index (χ2v) is 7.03. The normalized spacial score (nSPS) is 10.8. The predicted molar refractivity (Wildman–Crippen MR) is 109 cm³/mol. The van der Waals surface area contributed by atoms with E-state index in [-0.39, 0.29) is 0 Å². The second-order valence-electron chi connectivity index (χ2n) is 6.62. The number of rotatable bonds is 11. The zero-order valence-corrected chi connectivity index (χ0v) is 16.9. The lowest BCUT2D eigenvalue weighted by atomic mass is 10.1. The van der Waals surface area contributed by atoms with E-state index < -0.39 is 0 Å². The molecule has 2 aromatic rings. The summed E-state index contributed by atoms with van der Waals surface area (Å²) < 4.78 is 11.4. The Morgan fingerprint density at radius 1 is 1.00 bits per heavy atom. The largest absolute Gasteiger partial charge is 0.493 e. The van der Waals surface area contributed by atoms with Crippen LogP contribution in [0.15, 0.2) is 36.4 Å². The maximum atomic E-state index is 6.45. The number of hydrogen-bond donors (Lipinski definition) is 1. The zero-order chi connectivity index (χ0) is 18.8. The fourth-order valence-electron chi connectivity index (χ4n) is 2.76. The number of methoxy groups -OCH3 is 1. The third-order valence-electron chi connectivity index (χ3n) is 4.33. The summed E-state index contributed by atoms with van der Waals surface area (Å²) in [4.78, 5) is 0. The zero-order valence-electron chi connectivity index (χ0n) is 16.1. The maximum Gasteiger partial charge on any atom is 0.180 e. The lowest BCUT2D eigenvalue weighted by molar-refractivity contribution is 0.284. The Bertz CT molecular complexity index is 671. The van der Waals surface area contributed by atoms with Crippen LogP contribution in [0.25, 0.3) is 0 Å². The molecule has 0 saturated carbocycles. The highest BCUT2D eigenvalue weighted by molar-refractivity contribution is 6.32.